The minimum Gasteiger partial charge on any atom is -0.391 e. The Balaban J connectivity index is 1.69. The van der Waals surface area contributed by atoms with Crippen molar-refractivity contribution in [2.75, 3.05) is 19.6 Å². The zero-order valence-corrected chi connectivity index (χ0v) is 13.1. The molecule has 1 amide bonds. The Morgan fingerprint density at radius 2 is 2.36 bits per heavy atom. The molecule has 0 saturated carbocycles. The summed E-state index contributed by atoms with van der Waals surface area (Å²) in [6, 6.07) is 5.62. The Bertz CT molecular complexity index is 659. The number of carbonyl (C=O) groups excluding carboxylic acids is 1. The maximum absolute atomic E-state index is 12.3. The van der Waals surface area contributed by atoms with Gasteiger partial charge in [-0.2, -0.15) is 0 Å². The number of hydrogen-bond acceptors (Lipinski definition) is 6. The van der Waals surface area contributed by atoms with Gasteiger partial charge in [-0.05, 0) is 19.1 Å². The zero-order chi connectivity index (χ0) is 15.5. The summed E-state index contributed by atoms with van der Waals surface area (Å²) in [5, 5.41) is 16.5. The molecule has 1 saturated heterocycles. The number of rotatable bonds is 4. The largest absolute Gasteiger partial charge is 0.391 e. The van der Waals surface area contributed by atoms with Crippen molar-refractivity contribution in [1.82, 2.24) is 20.6 Å². The van der Waals surface area contributed by atoms with Gasteiger partial charge in [-0.3, -0.25) is 9.78 Å². The van der Waals surface area contributed by atoms with E-state index in [2.05, 4.69) is 20.6 Å². The number of thiazole rings is 1. The topological polar surface area (TPSA) is 87.1 Å². The fraction of sp³-hybridized carbons (Fsp3) is 0.400. The fourth-order valence-electron chi connectivity index (χ4n) is 2.44. The molecular weight excluding hydrogens is 300 g/mol. The maximum atomic E-state index is 12.3. The van der Waals surface area contributed by atoms with Crippen LogP contribution in [0.3, 0.4) is 0 Å². The molecule has 0 radical (unpaired) electrons. The number of nitrogens with one attached hydrogen (secondary N) is 2. The van der Waals surface area contributed by atoms with Gasteiger partial charge in [-0.25, -0.2) is 4.98 Å². The third-order valence-electron chi connectivity index (χ3n) is 3.72. The highest BCUT2D eigenvalue weighted by atomic mass is 32.1. The maximum Gasteiger partial charge on any atom is 0.263 e. The second kappa shape index (κ2) is 6.51. The van der Waals surface area contributed by atoms with Crippen LogP contribution in [0, 0.1) is 12.8 Å². The first-order valence-electron chi connectivity index (χ1n) is 7.21. The number of carbonyl (C=O) groups is 1. The van der Waals surface area contributed by atoms with Crippen molar-refractivity contribution < 1.29 is 9.90 Å². The molecule has 0 bridgehead atoms. The molecule has 2 unspecified atom stereocenters. The summed E-state index contributed by atoms with van der Waals surface area (Å²) in [5.41, 5.74) is 1.47. The van der Waals surface area contributed by atoms with Crippen LogP contribution in [0.4, 0.5) is 0 Å². The first-order valence-corrected chi connectivity index (χ1v) is 8.02. The fourth-order valence-corrected chi connectivity index (χ4v) is 3.40. The standard InChI is InChI=1S/C15H18N4O2S/c1-9-13(14(21)18-7-10-6-16-8-12(10)20)22-15(19-9)11-4-2-3-5-17-11/h2-5,10,12,16,20H,6-8H2,1H3,(H,18,21). The first kappa shape index (κ1) is 15.1. The van der Waals surface area contributed by atoms with Crippen LogP contribution in [-0.2, 0) is 0 Å². The second-order valence-corrected chi connectivity index (χ2v) is 6.34. The van der Waals surface area contributed by atoms with Gasteiger partial charge in [-0.15, -0.1) is 11.3 Å². The molecule has 1 fully saturated rings. The molecule has 0 aliphatic carbocycles. The highest BCUT2D eigenvalue weighted by Crippen LogP contribution is 2.26. The number of β-amino-alcohol motifs (C(OH)–C–C–N with tert-alkyl or cyclic N) is 1. The van der Waals surface area contributed by atoms with Crippen molar-refractivity contribution >= 4 is 17.2 Å². The summed E-state index contributed by atoms with van der Waals surface area (Å²) in [7, 11) is 0. The molecule has 1 aliphatic heterocycles. The average Bonchev–Trinajstić information content (AvgIpc) is 3.12. The summed E-state index contributed by atoms with van der Waals surface area (Å²) < 4.78 is 0. The van der Waals surface area contributed by atoms with Gasteiger partial charge in [0.25, 0.3) is 5.91 Å². The van der Waals surface area contributed by atoms with Gasteiger partial charge in [0.2, 0.25) is 0 Å². The van der Waals surface area contributed by atoms with Crippen LogP contribution in [-0.4, -0.2) is 46.7 Å². The van der Waals surface area contributed by atoms with Crippen molar-refractivity contribution in [3.05, 3.63) is 35.0 Å². The number of aryl methyl sites for hydroxylation is 1. The van der Waals surface area contributed by atoms with Crippen molar-refractivity contribution in [2.45, 2.75) is 13.0 Å². The predicted molar refractivity (Wildman–Crippen MR) is 84.8 cm³/mol. The van der Waals surface area contributed by atoms with Crippen molar-refractivity contribution in [2.24, 2.45) is 5.92 Å². The van der Waals surface area contributed by atoms with Crippen LogP contribution < -0.4 is 10.6 Å². The van der Waals surface area contributed by atoms with Crippen LogP contribution in [0.15, 0.2) is 24.4 Å². The van der Waals surface area contributed by atoms with E-state index in [0.717, 1.165) is 17.2 Å². The third kappa shape index (κ3) is 3.16. The number of amides is 1. The third-order valence-corrected chi connectivity index (χ3v) is 4.89. The van der Waals surface area contributed by atoms with Crippen molar-refractivity contribution in [1.29, 1.82) is 0 Å². The molecule has 3 rings (SSSR count). The van der Waals surface area contributed by atoms with Crippen LogP contribution in [0.25, 0.3) is 10.7 Å². The monoisotopic (exact) mass is 318 g/mol. The zero-order valence-electron chi connectivity index (χ0n) is 12.2. The van der Waals surface area contributed by atoms with Gasteiger partial charge in [0.15, 0.2) is 0 Å². The Kier molecular flexibility index (Phi) is 4.47. The predicted octanol–water partition coefficient (Wildman–Crippen LogP) is 0.824. The molecule has 2 aromatic rings. The molecule has 0 aromatic carbocycles. The number of nitrogens with zero attached hydrogens (tertiary/aromatic N) is 2. The Morgan fingerprint density at radius 3 is 3.05 bits per heavy atom. The quantitative estimate of drug-likeness (QED) is 0.777. The lowest BCUT2D eigenvalue weighted by Crippen LogP contribution is -2.34. The first-order chi connectivity index (χ1) is 10.6. The Hall–Kier alpha value is -1.83. The van der Waals surface area contributed by atoms with Gasteiger partial charge >= 0.3 is 0 Å². The van der Waals surface area contributed by atoms with Crippen LogP contribution >= 0.6 is 11.3 Å². The number of pyridine rings is 1. The lowest BCUT2D eigenvalue weighted by atomic mass is 10.1. The highest BCUT2D eigenvalue weighted by Gasteiger charge is 2.26. The number of aromatic nitrogens is 2. The summed E-state index contributed by atoms with van der Waals surface area (Å²) in [6.45, 7) is 3.60. The number of aliphatic hydroxyl groups excluding tert-OH is 1. The van der Waals surface area contributed by atoms with Crippen LogP contribution in [0.1, 0.15) is 15.4 Å². The van der Waals surface area contributed by atoms with E-state index in [0.29, 0.717) is 23.7 Å². The molecule has 2 atom stereocenters. The van der Waals surface area contributed by atoms with Crippen LogP contribution in [0.5, 0.6) is 0 Å². The smallest absolute Gasteiger partial charge is 0.263 e. The molecule has 3 N–H and O–H groups in total. The van der Waals surface area contributed by atoms with E-state index in [-0.39, 0.29) is 11.8 Å². The summed E-state index contributed by atoms with van der Waals surface area (Å²) in [4.78, 5) is 21.6. The van der Waals surface area contributed by atoms with Crippen molar-refractivity contribution in [3.8, 4) is 10.7 Å². The lowest BCUT2D eigenvalue weighted by Gasteiger charge is -2.13. The van der Waals surface area contributed by atoms with E-state index in [1.807, 2.05) is 25.1 Å². The van der Waals surface area contributed by atoms with Gasteiger partial charge in [-0.1, -0.05) is 6.07 Å². The summed E-state index contributed by atoms with van der Waals surface area (Å²) >= 11 is 1.34. The van der Waals surface area contributed by atoms with E-state index in [1.54, 1.807) is 6.20 Å². The van der Waals surface area contributed by atoms with Crippen molar-refractivity contribution in [3.63, 3.8) is 0 Å². The van der Waals surface area contributed by atoms with E-state index < -0.39 is 6.10 Å². The molecule has 116 valence electrons. The van der Waals surface area contributed by atoms with E-state index in [1.165, 1.54) is 11.3 Å². The Morgan fingerprint density at radius 1 is 1.50 bits per heavy atom. The normalized spacial score (nSPS) is 21.0. The molecule has 6 nitrogen and oxygen atoms in total. The van der Waals surface area contributed by atoms with Gasteiger partial charge in [0.05, 0.1) is 17.5 Å². The molecule has 0 spiro atoms. The average molecular weight is 318 g/mol. The molecule has 2 aromatic heterocycles. The van der Waals surface area contributed by atoms with Crippen LogP contribution in [0.2, 0.25) is 0 Å². The summed E-state index contributed by atoms with van der Waals surface area (Å²) in [6.07, 6.45) is 1.31. The molecule has 22 heavy (non-hydrogen) atoms. The van der Waals surface area contributed by atoms with E-state index >= 15 is 0 Å². The molecule has 3 heterocycles. The van der Waals surface area contributed by atoms with Gasteiger partial charge in [0.1, 0.15) is 9.88 Å². The minimum absolute atomic E-state index is 0.0624. The lowest BCUT2D eigenvalue weighted by molar-refractivity contribution is 0.0930. The highest BCUT2D eigenvalue weighted by molar-refractivity contribution is 7.17. The van der Waals surface area contributed by atoms with E-state index in [4.69, 9.17) is 0 Å². The minimum atomic E-state index is -0.396. The number of hydrogen-bond donors (Lipinski definition) is 3. The Labute approximate surface area is 132 Å². The molecule has 1 aliphatic rings. The van der Waals surface area contributed by atoms with E-state index in [9.17, 15) is 9.90 Å². The molecule has 7 heteroatoms. The SMILES string of the molecule is Cc1nc(-c2ccccn2)sc1C(=O)NCC1CNCC1O. The second-order valence-electron chi connectivity index (χ2n) is 5.34. The van der Waals surface area contributed by atoms with Gasteiger partial charge < -0.3 is 15.7 Å². The summed E-state index contributed by atoms with van der Waals surface area (Å²) in [5.74, 6) is -0.0799. The molecular formula is C15H18N4O2S. The van der Waals surface area contributed by atoms with Gasteiger partial charge in [0, 0.05) is 31.7 Å². The number of aliphatic hydroxyl groups is 1.